The van der Waals surface area contributed by atoms with Gasteiger partial charge in [-0.25, -0.2) is 18.7 Å². The van der Waals surface area contributed by atoms with Gasteiger partial charge in [-0.15, -0.1) is 0 Å². The van der Waals surface area contributed by atoms with Gasteiger partial charge in [0.25, 0.3) is 11.8 Å². The van der Waals surface area contributed by atoms with E-state index in [2.05, 4.69) is 0 Å². The van der Waals surface area contributed by atoms with E-state index in [4.69, 9.17) is 9.94 Å². The fraction of sp³-hybridized carbons (Fsp3) is 0.318. The lowest BCUT2D eigenvalue weighted by Gasteiger charge is -2.29. The number of benzene rings is 2. The Labute approximate surface area is 196 Å². The van der Waals surface area contributed by atoms with Crippen LogP contribution in [-0.4, -0.2) is 76.9 Å². The quantitative estimate of drug-likeness (QED) is 0.282. The van der Waals surface area contributed by atoms with E-state index in [9.17, 15) is 27.9 Å². The van der Waals surface area contributed by atoms with Crippen LogP contribution in [0.3, 0.4) is 0 Å². The lowest BCUT2D eigenvalue weighted by Crippen LogP contribution is -2.58. The number of amides is 4. The highest BCUT2D eigenvalue weighted by Crippen LogP contribution is 2.29. The van der Waals surface area contributed by atoms with Crippen LogP contribution in [0.25, 0.3) is 0 Å². The molecule has 0 aromatic heterocycles. The van der Waals surface area contributed by atoms with Gasteiger partial charge >= 0.3 is 6.03 Å². The summed E-state index contributed by atoms with van der Waals surface area (Å²) in [6, 6.07) is 13.2. The summed E-state index contributed by atoms with van der Waals surface area (Å²) < 4.78 is 31.6. The largest absolute Gasteiger partial charge is 0.457 e. The number of carbonyl (C=O) groups is 3. The van der Waals surface area contributed by atoms with E-state index < -0.39 is 51.1 Å². The standard InChI is InChI=1S/C22H25N3O8S/c1-21(2)19(27)25(20(28)24(21)3)13-22(29,18(26)23-30)14-34(31,32)17-11-9-16(10-12-17)33-15-7-5-4-6-8-15/h4-12,29-30H,13-14H2,1-3H3,(H,23,26). The molecule has 1 fully saturated rings. The Morgan fingerprint density at radius 2 is 1.62 bits per heavy atom. The van der Waals surface area contributed by atoms with Crippen molar-refractivity contribution in [3.05, 3.63) is 54.6 Å². The van der Waals surface area contributed by atoms with Crippen LogP contribution < -0.4 is 10.2 Å². The van der Waals surface area contributed by atoms with Gasteiger partial charge in [0.1, 0.15) is 17.0 Å². The van der Waals surface area contributed by atoms with Gasteiger partial charge in [-0.2, -0.15) is 0 Å². The molecule has 1 unspecified atom stereocenters. The number of likely N-dealkylation sites (N-methyl/N-ethyl adjacent to an activating group) is 1. The van der Waals surface area contributed by atoms with Gasteiger partial charge in [0.05, 0.1) is 17.2 Å². The molecule has 3 rings (SSSR count). The third-order valence-electron chi connectivity index (χ3n) is 5.66. The molecule has 1 aliphatic heterocycles. The van der Waals surface area contributed by atoms with E-state index in [1.165, 1.54) is 50.6 Å². The number of β-amino-alcohol motifs (C(OH)–C–C–N with tert-alkyl or cyclic N) is 1. The molecule has 0 radical (unpaired) electrons. The summed E-state index contributed by atoms with van der Waals surface area (Å²) in [6.07, 6.45) is 0. The van der Waals surface area contributed by atoms with E-state index in [0.29, 0.717) is 16.4 Å². The molecule has 34 heavy (non-hydrogen) atoms. The van der Waals surface area contributed by atoms with Crippen LogP contribution in [0.2, 0.25) is 0 Å². The third kappa shape index (κ3) is 4.74. The van der Waals surface area contributed by atoms with Crippen molar-refractivity contribution in [3.8, 4) is 11.5 Å². The summed E-state index contributed by atoms with van der Waals surface area (Å²) >= 11 is 0. The van der Waals surface area contributed by atoms with Gasteiger partial charge in [0, 0.05) is 7.05 Å². The zero-order valence-corrected chi connectivity index (χ0v) is 19.6. The van der Waals surface area contributed by atoms with Gasteiger partial charge in [-0.05, 0) is 50.2 Å². The molecule has 1 heterocycles. The second kappa shape index (κ2) is 9.05. The summed E-state index contributed by atoms with van der Waals surface area (Å²) in [4.78, 5) is 38.9. The Hall–Kier alpha value is -3.48. The number of sulfone groups is 1. The van der Waals surface area contributed by atoms with Crippen molar-refractivity contribution in [3.63, 3.8) is 0 Å². The molecule has 0 saturated carbocycles. The first-order valence-corrected chi connectivity index (χ1v) is 11.8. The van der Waals surface area contributed by atoms with Crippen LogP contribution in [-0.2, 0) is 19.4 Å². The lowest BCUT2D eigenvalue weighted by molar-refractivity contribution is -0.149. The third-order valence-corrected chi connectivity index (χ3v) is 7.51. The number of rotatable bonds is 8. The molecular formula is C22H25N3O8S. The first kappa shape index (κ1) is 25.1. The molecule has 182 valence electrons. The molecule has 12 heteroatoms. The van der Waals surface area contributed by atoms with Crippen molar-refractivity contribution in [1.29, 1.82) is 0 Å². The summed E-state index contributed by atoms with van der Waals surface area (Å²) in [5, 5.41) is 20.0. The molecule has 0 aliphatic carbocycles. The van der Waals surface area contributed by atoms with Crippen LogP contribution in [0, 0.1) is 0 Å². The molecule has 1 saturated heterocycles. The smallest absolute Gasteiger partial charge is 0.327 e. The summed E-state index contributed by atoms with van der Waals surface area (Å²) in [7, 11) is -2.96. The Bertz CT molecular complexity index is 1200. The van der Waals surface area contributed by atoms with Gasteiger partial charge in [-0.3, -0.25) is 19.7 Å². The van der Waals surface area contributed by atoms with Crippen LogP contribution in [0.4, 0.5) is 4.79 Å². The van der Waals surface area contributed by atoms with Crippen molar-refractivity contribution < 1.29 is 37.9 Å². The minimum Gasteiger partial charge on any atom is -0.457 e. The van der Waals surface area contributed by atoms with Crippen LogP contribution in [0.5, 0.6) is 11.5 Å². The Morgan fingerprint density at radius 1 is 1.06 bits per heavy atom. The van der Waals surface area contributed by atoms with Crippen molar-refractivity contribution >= 4 is 27.7 Å². The fourth-order valence-corrected chi connectivity index (χ4v) is 4.97. The average molecular weight is 492 g/mol. The highest BCUT2D eigenvalue weighted by atomic mass is 32.2. The number of imide groups is 1. The normalized spacial score (nSPS) is 17.4. The van der Waals surface area contributed by atoms with E-state index in [-0.39, 0.29) is 4.90 Å². The molecule has 0 bridgehead atoms. The monoisotopic (exact) mass is 491 g/mol. The van der Waals surface area contributed by atoms with Gasteiger partial charge in [-0.1, -0.05) is 18.2 Å². The maximum absolute atomic E-state index is 13.0. The number of nitrogens with one attached hydrogen (secondary N) is 1. The molecule has 4 amide bonds. The van der Waals surface area contributed by atoms with E-state index in [1.54, 1.807) is 24.3 Å². The number of aliphatic hydroxyl groups is 1. The topological polar surface area (TPSA) is 154 Å². The molecule has 2 aromatic rings. The van der Waals surface area contributed by atoms with Gasteiger partial charge in [0.2, 0.25) is 0 Å². The molecule has 0 spiro atoms. The number of hydroxylamine groups is 1. The first-order valence-electron chi connectivity index (χ1n) is 10.1. The van der Waals surface area contributed by atoms with E-state index in [0.717, 1.165) is 4.90 Å². The minimum atomic E-state index is -4.32. The minimum absolute atomic E-state index is 0.242. The number of nitrogens with zero attached hydrogens (tertiary/aromatic N) is 2. The predicted octanol–water partition coefficient (Wildman–Crippen LogP) is 1.16. The van der Waals surface area contributed by atoms with Gasteiger partial charge < -0.3 is 14.7 Å². The van der Waals surface area contributed by atoms with Crippen LogP contribution >= 0.6 is 0 Å². The van der Waals surface area contributed by atoms with E-state index >= 15 is 0 Å². The second-order valence-electron chi connectivity index (χ2n) is 8.41. The van der Waals surface area contributed by atoms with Gasteiger partial charge in [0.15, 0.2) is 15.4 Å². The highest BCUT2D eigenvalue weighted by molar-refractivity contribution is 7.91. The van der Waals surface area contributed by atoms with Crippen LogP contribution in [0.1, 0.15) is 13.8 Å². The molecule has 2 aromatic carbocycles. The first-order chi connectivity index (χ1) is 15.8. The Balaban J connectivity index is 1.84. The Morgan fingerprint density at radius 3 is 2.12 bits per heavy atom. The van der Waals surface area contributed by atoms with Crippen molar-refractivity contribution in [1.82, 2.24) is 15.3 Å². The van der Waals surface area contributed by atoms with Crippen molar-refractivity contribution in [2.24, 2.45) is 0 Å². The summed E-state index contributed by atoms with van der Waals surface area (Å²) in [6.45, 7) is 1.96. The zero-order chi connectivity index (χ0) is 25.3. The number of hydrogen-bond donors (Lipinski definition) is 3. The number of para-hydroxylation sites is 1. The maximum Gasteiger partial charge on any atom is 0.327 e. The SMILES string of the molecule is CN1C(=O)N(CC(O)(CS(=O)(=O)c2ccc(Oc3ccccc3)cc2)C(=O)NO)C(=O)C1(C)C. The molecular weight excluding hydrogens is 466 g/mol. The zero-order valence-electron chi connectivity index (χ0n) is 18.8. The average Bonchev–Trinajstić information content (AvgIpc) is 2.94. The molecule has 1 atom stereocenters. The van der Waals surface area contributed by atoms with Crippen molar-refractivity contribution in [2.75, 3.05) is 19.3 Å². The molecule has 3 N–H and O–H groups in total. The fourth-order valence-electron chi connectivity index (χ4n) is 3.41. The predicted molar refractivity (Wildman–Crippen MR) is 119 cm³/mol. The van der Waals surface area contributed by atoms with Crippen LogP contribution in [0.15, 0.2) is 59.5 Å². The summed E-state index contributed by atoms with van der Waals surface area (Å²) in [5.41, 5.74) is -2.87. The number of hydrogen-bond acceptors (Lipinski definition) is 8. The highest BCUT2D eigenvalue weighted by Gasteiger charge is 2.53. The number of urea groups is 1. The second-order valence-corrected chi connectivity index (χ2v) is 10.4. The summed E-state index contributed by atoms with van der Waals surface area (Å²) in [5.74, 6) is -2.52. The number of carbonyl (C=O) groups excluding carboxylic acids is 3. The maximum atomic E-state index is 13.0. The number of ether oxygens (including phenoxy) is 1. The van der Waals surface area contributed by atoms with E-state index in [1.807, 2.05) is 6.07 Å². The Kier molecular flexibility index (Phi) is 6.69. The van der Waals surface area contributed by atoms with Crippen molar-refractivity contribution in [2.45, 2.75) is 29.9 Å². The lowest BCUT2D eigenvalue weighted by atomic mass is 10.0. The molecule has 11 nitrogen and oxygen atoms in total. The molecule has 1 aliphatic rings.